The fraction of sp³-hybridized carbons (Fsp3) is 0.467. The van der Waals surface area contributed by atoms with Gasteiger partial charge in [0.05, 0.1) is 6.08 Å². The first-order valence-corrected chi connectivity index (χ1v) is 12.6. The molecule has 0 aliphatic heterocycles. The first kappa shape index (κ1) is 25.6. The Morgan fingerprint density at radius 1 is 0.781 bits per heavy atom. The molecule has 32 heavy (non-hydrogen) atoms. The molecule has 0 saturated carbocycles. The summed E-state index contributed by atoms with van der Waals surface area (Å²) in [6, 6.07) is 18.0. The SMILES string of the molecule is CCCCCCc1cccc(C(=C(C=C=[N+]=[N-])CCCC)c2ccc(CCCC)cc2)c1. The maximum atomic E-state index is 9.03. The van der Waals surface area contributed by atoms with Crippen molar-refractivity contribution in [2.24, 2.45) is 0 Å². The van der Waals surface area contributed by atoms with Crippen LogP contribution in [0.2, 0.25) is 0 Å². The molecule has 170 valence electrons. The Morgan fingerprint density at radius 2 is 1.50 bits per heavy atom. The molecule has 0 bridgehead atoms. The Morgan fingerprint density at radius 3 is 2.19 bits per heavy atom. The van der Waals surface area contributed by atoms with Gasteiger partial charge in [0, 0.05) is 0 Å². The lowest BCUT2D eigenvalue weighted by Crippen LogP contribution is -1.97. The van der Waals surface area contributed by atoms with E-state index in [0.29, 0.717) is 0 Å². The summed E-state index contributed by atoms with van der Waals surface area (Å²) >= 11 is 0. The molecule has 0 radical (unpaired) electrons. The number of hydrogen-bond acceptors (Lipinski definition) is 0. The molecular weight excluding hydrogens is 388 g/mol. The maximum absolute atomic E-state index is 9.03. The normalized spacial score (nSPS) is 11.5. The number of nitrogens with zero attached hydrogens (tertiary/aromatic N) is 2. The molecule has 0 aromatic heterocycles. The van der Waals surface area contributed by atoms with Crippen molar-refractivity contribution >= 4 is 11.4 Å². The lowest BCUT2D eigenvalue weighted by molar-refractivity contribution is 0.00800. The Balaban J connectivity index is 2.49. The highest BCUT2D eigenvalue weighted by Crippen LogP contribution is 2.31. The van der Waals surface area contributed by atoms with Crippen molar-refractivity contribution in [3.05, 3.63) is 88.0 Å². The van der Waals surface area contributed by atoms with E-state index in [-0.39, 0.29) is 0 Å². The van der Waals surface area contributed by atoms with E-state index in [4.69, 9.17) is 5.53 Å². The van der Waals surface area contributed by atoms with Crippen LogP contribution in [0.3, 0.4) is 0 Å². The second-order valence-electron chi connectivity index (χ2n) is 8.69. The van der Waals surface area contributed by atoms with Gasteiger partial charge in [0.2, 0.25) is 0 Å². The van der Waals surface area contributed by atoms with Crippen molar-refractivity contribution in [3.8, 4) is 0 Å². The van der Waals surface area contributed by atoms with E-state index in [1.807, 2.05) is 6.08 Å². The standard InChI is InChI=1S/C30H40N2/c1-4-7-10-11-14-26-15-12-17-29(24-26)30(27(16-9-6-3)22-23-32-31)28-20-18-25(19-21-28)13-8-5-2/h12,15,17-22,24H,4-11,13-14,16H2,1-3H3. The molecule has 2 rings (SSSR count). The minimum atomic E-state index is 0.937. The molecule has 2 nitrogen and oxygen atoms in total. The van der Waals surface area contributed by atoms with E-state index in [0.717, 1.165) is 32.1 Å². The average molecular weight is 429 g/mol. The number of benzene rings is 2. The zero-order chi connectivity index (χ0) is 23.0. The highest BCUT2D eigenvalue weighted by atomic mass is 14.8. The molecule has 0 heterocycles. The Hall–Kier alpha value is -2.66. The smallest absolute Gasteiger partial charge is 0.299 e. The molecule has 0 amide bonds. The fourth-order valence-electron chi connectivity index (χ4n) is 4.14. The third-order valence-corrected chi connectivity index (χ3v) is 6.01. The zero-order valence-corrected chi connectivity index (χ0v) is 20.4. The van der Waals surface area contributed by atoms with Crippen molar-refractivity contribution < 1.29 is 4.79 Å². The minimum absolute atomic E-state index is 0.937. The Labute approximate surface area is 195 Å². The van der Waals surface area contributed by atoms with Crippen LogP contribution in [0.5, 0.6) is 0 Å². The summed E-state index contributed by atoms with van der Waals surface area (Å²) in [6.45, 7) is 6.70. The summed E-state index contributed by atoms with van der Waals surface area (Å²) in [5, 5.41) is 0. The third-order valence-electron chi connectivity index (χ3n) is 6.01. The van der Waals surface area contributed by atoms with Gasteiger partial charge in [0.25, 0.3) is 5.87 Å². The van der Waals surface area contributed by atoms with Gasteiger partial charge in [0.1, 0.15) is 0 Å². The van der Waals surface area contributed by atoms with Crippen LogP contribution in [-0.2, 0) is 12.8 Å². The summed E-state index contributed by atoms with van der Waals surface area (Å²) < 4.78 is 0. The summed E-state index contributed by atoms with van der Waals surface area (Å²) in [7, 11) is 0. The molecule has 0 saturated heterocycles. The van der Waals surface area contributed by atoms with E-state index >= 15 is 0 Å². The van der Waals surface area contributed by atoms with Crippen LogP contribution in [0.25, 0.3) is 11.1 Å². The molecule has 0 N–H and O–H groups in total. The quantitative estimate of drug-likeness (QED) is 0.0949. The van der Waals surface area contributed by atoms with Gasteiger partial charge in [-0.2, -0.15) is 0 Å². The molecule has 0 spiro atoms. The second kappa shape index (κ2) is 15.2. The summed E-state index contributed by atoms with van der Waals surface area (Å²) in [4.78, 5) is 3.14. The highest BCUT2D eigenvalue weighted by Gasteiger charge is 2.12. The molecule has 2 aromatic rings. The van der Waals surface area contributed by atoms with E-state index in [2.05, 4.69) is 80.0 Å². The molecule has 0 unspecified atom stereocenters. The predicted molar refractivity (Wildman–Crippen MR) is 138 cm³/mol. The van der Waals surface area contributed by atoms with Gasteiger partial charge < -0.3 is 5.53 Å². The molecule has 0 atom stereocenters. The first-order chi connectivity index (χ1) is 15.7. The molecule has 0 aliphatic carbocycles. The molecule has 2 heteroatoms. The van der Waals surface area contributed by atoms with Crippen LogP contribution in [0.15, 0.2) is 60.2 Å². The molecule has 2 aromatic carbocycles. The van der Waals surface area contributed by atoms with Crippen LogP contribution >= 0.6 is 0 Å². The van der Waals surface area contributed by atoms with Crippen LogP contribution in [0, 0.1) is 0 Å². The minimum Gasteiger partial charge on any atom is -0.348 e. The van der Waals surface area contributed by atoms with E-state index in [9.17, 15) is 0 Å². The molecular formula is C30H40N2. The Bertz CT molecular complexity index is 924. The average Bonchev–Trinajstić information content (AvgIpc) is 2.83. The topological polar surface area (TPSA) is 36.4 Å². The highest BCUT2D eigenvalue weighted by molar-refractivity contribution is 5.85. The fourth-order valence-corrected chi connectivity index (χ4v) is 4.14. The van der Waals surface area contributed by atoms with Gasteiger partial charge in [-0.05, 0) is 71.9 Å². The van der Waals surface area contributed by atoms with Gasteiger partial charge in [-0.3, -0.25) is 0 Å². The Kier molecular flexibility index (Phi) is 12.2. The number of rotatable bonds is 14. The lowest BCUT2D eigenvalue weighted by Gasteiger charge is -2.15. The van der Waals surface area contributed by atoms with E-state index in [1.165, 1.54) is 71.9 Å². The van der Waals surface area contributed by atoms with Gasteiger partial charge in [-0.1, -0.05) is 101 Å². The van der Waals surface area contributed by atoms with Crippen molar-refractivity contribution in [3.63, 3.8) is 0 Å². The second-order valence-corrected chi connectivity index (χ2v) is 8.69. The van der Waals surface area contributed by atoms with Gasteiger partial charge in [0.15, 0.2) is 0 Å². The van der Waals surface area contributed by atoms with E-state index < -0.39 is 0 Å². The van der Waals surface area contributed by atoms with Crippen molar-refractivity contribution in [1.29, 1.82) is 0 Å². The van der Waals surface area contributed by atoms with Crippen molar-refractivity contribution in [2.75, 3.05) is 0 Å². The van der Waals surface area contributed by atoms with Crippen molar-refractivity contribution in [2.45, 2.75) is 91.4 Å². The molecule has 0 fully saturated rings. The van der Waals surface area contributed by atoms with Gasteiger partial charge >= 0.3 is 0 Å². The van der Waals surface area contributed by atoms with E-state index in [1.54, 1.807) is 0 Å². The van der Waals surface area contributed by atoms with Crippen LogP contribution in [-0.4, -0.2) is 10.7 Å². The molecule has 0 aliphatic rings. The third kappa shape index (κ3) is 8.46. The first-order valence-electron chi connectivity index (χ1n) is 12.6. The summed E-state index contributed by atoms with van der Waals surface area (Å²) in [5.74, 6) is 2.68. The van der Waals surface area contributed by atoms with Crippen molar-refractivity contribution in [1.82, 2.24) is 0 Å². The number of hydrogen-bond donors (Lipinski definition) is 0. The maximum Gasteiger partial charge on any atom is 0.299 e. The summed E-state index contributed by atoms with van der Waals surface area (Å²) in [6.07, 6.45) is 14.8. The zero-order valence-electron chi connectivity index (χ0n) is 20.4. The van der Waals surface area contributed by atoms with Crippen LogP contribution in [0.4, 0.5) is 0 Å². The van der Waals surface area contributed by atoms with Crippen LogP contribution in [0.1, 0.15) is 101 Å². The van der Waals surface area contributed by atoms with Crippen LogP contribution < -0.4 is 0 Å². The predicted octanol–water partition coefficient (Wildman–Crippen LogP) is 8.60. The number of unbranched alkanes of at least 4 members (excludes halogenated alkanes) is 5. The number of aryl methyl sites for hydroxylation is 2. The number of allylic oxidation sites excluding steroid dienone is 2. The van der Waals surface area contributed by atoms with Gasteiger partial charge in [-0.25, -0.2) is 0 Å². The summed E-state index contributed by atoms with van der Waals surface area (Å²) in [5.41, 5.74) is 16.7. The van der Waals surface area contributed by atoms with Gasteiger partial charge in [-0.15, -0.1) is 4.79 Å². The largest absolute Gasteiger partial charge is 0.348 e. The monoisotopic (exact) mass is 428 g/mol. The lowest BCUT2D eigenvalue weighted by atomic mass is 9.88.